The molecule has 1 saturated heterocycles. The average molecular weight is 310 g/mol. The number of carbonyl (C=O) groups is 1. The molecule has 0 radical (unpaired) electrons. The van der Waals surface area contributed by atoms with Crippen LogP contribution in [0.2, 0.25) is 0 Å². The molecule has 6 heteroatoms. The highest BCUT2D eigenvalue weighted by molar-refractivity contribution is 5.78. The number of hydrogen-bond donors (Lipinski definition) is 1. The zero-order valence-electron chi connectivity index (χ0n) is 12.5. The third kappa shape index (κ3) is 2.92. The third-order valence-electron chi connectivity index (χ3n) is 4.53. The molecule has 1 aromatic rings. The number of carbonyl (C=O) groups excluding carboxylic acids is 1. The molecule has 2 N–H and O–H groups in total. The summed E-state index contributed by atoms with van der Waals surface area (Å²) in [7, 11) is 1.35. The van der Waals surface area contributed by atoms with Crippen LogP contribution in [0, 0.1) is 17.6 Å². The van der Waals surface area contributed by atoms with E-state index in [0.717, 1.165) is 25.0 Å². The third-order valence-corrected chi connectivity index (χ3v) is 4.53. The molecule has 0 bridgehead atoms. The molecule has 2 aliphatic rings. The highest BCUT2D eigenvalue weighted by Crippen LogP contribution is 2.36. The zero-order valence-corrected chi connectivity index (χ0v) is 12.5. The molecular formula is C16H20F2N2O2. The molecule has 0 spiro atoms. The molecule has 0 aromatic heterocycles. The van der Waals surface area contributed by atoms with Gasteiger partial charge in [-0.2, -0.15) is 0 Å². The summed E-state index contributed by atoms with van der Waals surface area (Å²) < 4.78 is 33.2. The van der Waals surface area contributed by atoms with Crippen molar-refractivity contribution in [1.29, 1.82) is 0 Å². The van der Waals surface area contributed by atoms with Crippen LogP contribution in [0.3, 0.4) is 0 Å². The van der Waals surface area contributed by atoms with Crippen molar-refractivity contribution in [2.24, 2.45) is 11.7 Å². The summed E-state index contributed by atoms with van der Waals surface area (Å²) in [5, 5.41) is 0. The summed E-state index contributed by atoms with van der Waals surface area (Å²) in [4.78, 5) is 14.0. The van der Waals surface area contributed by atoms with Gasteiger partial charge in [-0.05, 0) is 18.8 Å². The van der Waals surface area contributed by atoms with Gasteiger partial charge in [-0.25, -0.2) is 8.78 Å². The number of benzene rings is 1. The molecule has 1 saturated carbocycles. The number of hydrogen-bond acceptors (Lipinski definition) is 3. The normalized spacial score (nSPS) is 25.5. The Balaban J connectivity index is 1.81. The summed E-state index contributed by atoms with van der Waals surface area (Å²) in [6, 6.07) is 1.80. The lowest BCUT2D eigenvalue weighted by atomic mass is 9.84. The number of amides is 1. The Bertz CT molecular complexity index is 567. The van der Waals surface area contributed by atoms with Crippen molar-refractivity contribution in [1.82, 2.24) is 4.90 Å². The summed E-state index contributed by atoms with van der Waals surface area (Å²) in [6.45, 7) is 1.07. The van der Waals surface area contributed by atoms with Gasteiger partial charge in [0.05, 0.1) is 7.11 Å². The SMILES string of the molecule is COc1cc(F)c(C2CC(=O)N(CC3CC3)C[C@H]2N)c(F)c1. The van der Waals surface area contributed by atoms with Gasteiger partial charge in [0.15, 0.2) is 0 Å². The number of halogens is 2. The zero-order chi connectivity index (χ0) is 15.9. The predicted molar refractivity (Wildman–Crippen MR) is 77.5 cm³/mol. The molecule has 1 unspecified atom stereocenters. The van der Waals surface area contributed by atoms with E-state index in [0.29, 0.717) is 19.0 Å². The second-order valence-electron chi connectivity index (χ2n) is 6.22. The molecule has 3 rings (SSSR count). The maximum Gasteiger partial charge on any atom is 0.223 e. The van der Waals surface area contributed by atoms with Gasteiger partial charge in [0, 0.05) is 49.2 Å². The topological polar surface area (TPSA) is 55.6 Å². The molecule has 1 amide bonds. The van der Waals surface area contributed by atoms with E-state index in [1.165, 1.54) is 7.11 Å². The number of methoxy groups -OCH3 is 1. The van der Waals surface area contributed by atoms with Gasteiger partial charge < -0.3 is 15.4 Å². The van der Waals surface area contributed by atoms with Gasteiger partial charge in [-0.1, -0.05) is 0 Å². The molecule has 1 aliphatic carbocycles. The smallest absolute Gasteiger partial charge is 0.223 e. The monoisotopic (exact) mass is 310 g/mol. The van der Waals surface area contributed by atoms with Crippen molar-refractivity contribution < 1.29 is 18.3 Å². The van der Waals surface area contributed by atoms with E-state index in [2.05, 4.69) is 0 Å². The Hall–Kier alpha value is -1.69. The minimum atomic E-state index is -0.708. The maximum atomic E-state index is 14.2. The van der Waals surface area contributed by atoms with Crippen molar-refractivity contribution in [2.75, 3.05) is 20.2 Å². The first kappa shape index (κ1) is 15.2. The first-order valence-electron chi connectivity index (χ1n) is 7.56. The highest BCUT2D eigenvalue weighted by atomic mass is 19.1. The summed E-state index contributed by atoms with van der Waals surface area (Å²) in [6.07, 6.45) is 2.34. The molecule has 120 valence electrons. The molecule has 1 aromatic carbocycles. The number of nitrogens with two attached hydrogens (primary N) is 1. The number of likely N-dealkylation sites (tertiary alicyclic amines) is 1. The first-order valence-corrected chi connectivity index (χ1v) is 7.56. The van der Waals surface area contributed by atoms with E-state index >= 15 is 0 Å². The van der Waals surface area contributed by atoms with Gasteiger partial charge in [-0.15, -0.1) is 0 Å². The van der Waals surface area contributed by atoms with Gasteiger partial charge in [0.2, 0.25) is 5.91 Å². The Morgan fingerprint density at radius 1 is 1.32 bits per heavy atom. The highest BCUT2D eigenvalue weighted by Gasteiger charge is 2.38. The van der Waals surface area contributed by atoms with Gasteiger partial charge in [0.25, 0.3) is 0 Å². The molecule has 2 atom stereocenters. The molecule has 1 aliphatic heterocycles. The standard InChI is InChI=1S/C16H20F2N2O2/c1-22-10-4-12(17)16(13(18)5-10)11-6-15(21)20(8-14(11)19)7-9-2-3-9/h4-5,9,11,14H,2-3,6-8,19H2,1H3/t11?,14-/m1/s1. The lowest BCUT2D eigenvalue weighted by Crippen LogP contribution is -2.51. The lowest BCUT2D eigenvalue weighted by molar-refractivity contribution is -0.134. The van der Waals surface area contributed by atoms with Crippen LogP contribution in [0.4, 0.5) is 8.78 Å². The van der Waals surface area contributed by atoms with Crippen LogP contribution in [-0.4, -0.2) is 37.0 Å². The molecule has 22 heavy (non-hydrogen) atoms. The Morgan fingerprint density at radius 2 is 1.95 bits per heavy atom. The van der Waals surface area contributed by atoms with Crippen molar-refractivity contribution in [2.45, 2.75) is 31.2 Å². The lowest BCUT2D eigenvalue weighted by Gasteiger charge is -2.37. The average Bonchev–Trinajstić information content (AvgIpc) is 3.27. The van der Waals surface area contributed by atoms with Crippen LogP contribution in [0.1, 0.15) is 30.7 Å². The summed E-state index contributed by atoms with van der Waals surface area (Å²) >= 11 is 0. The second-order valence-corrected chi connectivity index (χ2v) is 6.22. The van der Waals surface area contributed by atoms with Crippen LogP contribution in [0.25, 0.3) is 0 Å². The van der Waals surface area contributed by atoms with Crippen LogP contribution < -0.4 is 10.5 Å². The number of ether oxygens (including phenoxy) is 1. The van der Waals surface area contributed by atoms with Crippen molar-refractivity contribution in [3.63, 3.8) is 0 Å². The van der Waals surface area contributed by atoms with E-state index < -0.39 is 23.6 Å². The van der Waals surface area contributed by atoms with E-state index in [1.807, 2.05) is 0 Å². The quantitative estimate of drug-likeness (QED) is 0.926. The Morgan fingerprint density at radius 3 is 2.50 bits per heavy atom. The Kier molecular flexibility index (Phi) is 4.04. The van der Waals surface area contributed by atoms with E-state index in [4.69, 9.17) is 10.5 Å². The number of piperidine rings is 1. The minimum Gasteiger partial charge on any atom is -0.497 e. The summed E-state index contributed by atoms with van der Waals surface area (Å²) in [5.74, 6) is -1.43. The largest absolute Gasteiger partial charge is 0.497 e. The van der Waals surface area contributed by atoms with Crippen LogP contribution in [0.15, 0.2) is 12.1 Å². The van der Waals surface area contributed by atoms with Gasteiger partial charge >= 0.3 is 0 Å². The first-order chi connectivity index (χ1) is 10.5. The second kappa shape index (κ2) is 5.83. The maximum absolute atomic E-state index is 14.2. The van der Waals surface area contributed by atoms with Gasteiger partial charge in [-0.3, -0.25) is 4.79 Å². The van der Waals surface area contributed by atoms with E-state index in [1.54, 1.807) is 4.90 Å². The van der Waals surface area contributed by atoms with Crippen LogP contribution in [0.5, 0.6) is 5.75 Å². The van der Waals surface area contributed by atoms with Crippen molar-refractivity contribution in [3.05, 3.63) is 29.3 Å². The molecule has 2 fully saturated rings. The number of nitrogens with zero attached hydrogens (tertiary/aromatic N) is 1. The van der Waals surface area contributed by atoms with Crippen molar-refractivity contribution >= 4 is 5.91 Å². The van der Waals surface area contributed by atoms with Gasteiger partial charge in [0.1, 0.15) is 17.4 Å². The fourth-order valence-corrected chi connectivity index (χ4v) is 3.09. The van der Waals surface area contributed by atoms with Crippen molar-refractivity contribution in [3.8, 4) is 5.75 Å². The predicted octanol–water partition coefficient (Wildman–Crippen LogP) is 2.03. The van der Waals surface area contributed by atoms with E-state index in [9.17, 15) is 13.6 Å². The fraction of sp³-hybridized carbons (Fsp3) is 0.562. The van der Waals surface area contributed by atoms with E-state index in [-0.39, 0.29) is 23.6 Å². The van der Waals surface area contributed by atoms with Crippen LogP contribution in [-0.2, 0) is 4.79 Å². The fourth-order valence-electron chi connectivity index (χ4n) is 3.09. The minimum absolute atomic E-state index is 0.0497. The summed E-state index contributed by atoms with van der Waals surface area (Å²) in [5.41, 5.74) is 6.01. The number of rotatable bonds is 4. The molecule has 4 nitrogen and oxygen atoms in total. The molecular weight excluding hydrogens is 290 g/mol. The van der Waals surface area contributed by atoms with Crippen LogP contribution >= 0.6 is 0 Å². The molecule has 1 heterocycles. The Labute approximate surface area is 128 Å².